The van der Waals surface area contributed by atoms with Crippen LogP contribution in [0.3, 0.4) is 0 Å². The lowest BCUT2D eigenvalue weighted by Gasteiger charge is -2.08. The number of fused-ring (bicyclic) bond motifs is 1. The van der Waals surface area contributed by atoms with Gasteiger partial charge in [-0.05, 0) is 28.4 Å². The fraction of sp³-hybridized carbons (Fsp3) is 0.333. The van der Waals surface area contributed by atoms with Crippen LogP contribution in [0.1, 0.15) is 27.7 Å². The third kappa shape index (κ3) is 4.58. The van der Waals surface area contributed by atoms with Crippen molar-refractivity contribution in [1.82, 2.24) is 0 Å². The van der Waals surface area contributed by atoms with Crippen LogP contribution in [0.5, 0.6) is 5.75 Å². The molecule has 0 aliphatic rings. The smallest absolute Gasteiger partial charge is 0.489 e. The normalized spacial score (nSPS) is 8.79. The average molecular weight is 262 g/mol. The van der Waals surface area contributed by atoms with E-state index in [4.69, 9.17) is 4.74 Å². The Labute approximate surface area is 116 Å². The molecule has 19 heavy (non-hydrogen) atoms. The van der Waals surface area contributed by atoms with E-state index in [0.717, 1.165) is 10.8 Å². The number of benzene rings is 2. The molecule has 0 aliphatic carbocycles. The van der Waals surface area contributed by atoms with Gasteiger partial charge in [0.25, 0.3) is 0 Å². The standard InChI is InChI=1S/C11H11BO3.2C2H6/c1-15-9-6-8-4-2-3-5-10(8)11(7-9)12(13)14;2*1-2/h2-7,13-14H,1H3;2*1-2H3. The maximum Gasteiger partial charge on any atom is 0.489 e. The molecule has 0 saturated heterocycles. The lowest BCUT2D eigenvalue weighted by atomic mass is 9.77. The van der Waals surface area contributed by atoms with Crippen molar-refractivity contribution < 1.29 is 14.8 Å². The van der Waals surface area contributed by atoms with Crippen LogP contribution in [-0.4, -0.2) is 24.3 Å². The minimum Gasteiger partial charge on any atom is -0.497 e. The zero-order valence-electron chi connectivity index (χ0n) is 12.3. The predicted octanol–water partition coefficient (Wildman–Crippen LogP) is 2.58. The van der Waals surface area contributed by atoms with Gasteiger partial charge in [-0.15, -0.1) is 0 Å². The fourth-order valence-corrected chi connectivity index (χ4v) is 1.64. The van der Waals surface area contributed by atoms with Gasteiger partial charge in [0, 0.05) is 0 Å². The van der Waals surface area contributed by atoms with Crippen LogP contribution in [-0.2, 0) is 0 Å². The summed E-state index contributed by atoms with van der Waals surface area (Å²) in [5.41, 5.74) is 0.463. The largest absolute Gasteiger partial charge is 0.497 e. The van der Waals surface area contributed by atoms with E-state index in [1.54, 1.807) is 13.2 Å². The number of ether oxygens (including phenoxy) is 1. The van der Waals surface area contributed by atoms with E-state index in [1.807, 2.05) is 58.0 Å². The lowest BCUT2D eigenvalue weighted by molar-refractivity contribution is 0.413. The minimum atomic E-state index is -1.48. The highest BCUT2D eigenvalue weighted by Crippen LogP contribution is 2.18. The fourth-order valence-electron chi connectivity index (χ4n) is 1.64. The zero-order chi connectivity index (χ0) is 14.8. The first kappa shape index (κ1) is 17.5. The van der Waals surface area contributed by atoms with Gasteiger partial charge in [-0.3, -0.25) is 0 Å². The summed E-state index contributed by atoms with van der Waals surface area (Å²) in [5.74, 6) is 0.622. The van der Waals surface area contributed by atoms with Crippen molar-refractivity contribution in [3.05, 3.63) is 36.4 Å². The maximum absolute atomic E-state index is 9.24. The molecule has 4 heteroatoms. The van der Waals surface area contributed by atoms with Gasteiger partial charge in [0.15, 0.2) is 0 Å². The highest BCUT2D eigenvalue weighted by atomic mass is 16.5. The first-order valence-corrected chi connectivity index (χ1v) is 6.65. The van der Waals surface area contributed by atoms with E-state index in [-0.39, 0.29) is 0 Å². The maximum atomic E-state index is 9.24. The van der Waals surface area contributed by atoms with E-state index in [1.165, 1.54) is 0 Å². The van der Waals surface area contributed by atoms with Gasteiger partial charge in [-0.25, -0.2) is 0 Å². The van der Waals surface area contributed by atoms with Gasteiger partial charge in [-0.2, -0.15) is 0 Å². The molecule has 0 saturated carbocycles. The Morgan fingerprint density at radius 3 is 2.05 bits per heavy atom. The summed E-state index contributed by atoms with van der Waals surface area (Å²) in [6, 6.07) is 11.0. The molecule has 2 rings (SSSR count). The van der Waals surface area contributed by atoms with Crippen molar-refractivity contribution in [3.63, 3.8) is 0 Å². The first-order valence-electron chi connectivity index (χ1n) is 6.65. The van der Waals surface area contributed by atoms with Crippen molar-refractivity contribution >= 4 is 23.4 Å². The van der Waals surface area contributed by atoms with Gasteiger partial charge in [0.05, 0.1) is 7.11 Å². The summed E-state index contributed by atoms with van der Waals surface area (Å²) >= 11 is 0. The van der Waals surface area contributed by atoms with Gasteiger partial charge in [-0.1, -0.05) is 52.0 Å². The molecule has 0 radical (unpaired) electrons. The quantitative estimate of drug-likeness (QED) is 0.818. The van der Waals surface area contributed by atoms with Crippen molar-refractivity contribution in [2.75, 3.05) is 7.11 Å². The molecule has 0 amide bonds. The summed E-state index contributed by atoms with van der Waals surface area (Å²) in [4.78, 5) is 0. The summed E-state index contributed by atoms with van der Waals surface area (Å²) < 4.78 is 5.09. The van der Waals surface area contributed by atoms with Gasteiger partial charge >= 0.3 is 7.12 Å². The van der Waals surface area contributed by atoms with Crippen LogP contribution in [0.25, 0.3) is 10.8 Å². The summed E-state index contributed by atoms with van der Waals surface area (Å²) in [6.45, 7) is 8.00. The third-order valence-corrected chi connectivity index (χ3v) is 2.38. The molecule has 2 aromatic carbocycles. The Kier molecular flexibility index (Phi) is 8.67. The molecular weight excluding hydrogens is 239 g/mol. The van der Waals surface area contributed by atoms with Crippen LogP contribution < -0.4 is 10.2 Å². The third-order valence-electron chi connectivity index (χ3n) is 2.38. The molecule has 0 unspecified atom stereocenters. The second-order valence-corrected chi connectivity index (χ2v) is 3.31. The van der Waals surface area contributed by atoms with E-state index in [0.29, 0.717) is 11.2 Å². The van der Waals surface area contributed by atoms with Crippen LogP contribution in [0, 0.1) is 0 Å². The number of hydrogen-bond donors (Lipinski definition) is 2. The summed E-state index contributed by atoms with van der Waals surface area (Å²) in [5, 5.41) is 20.2. The Balaban J connectivity index is 0.000000741. The first-order chi connectivity index (χ1) is 9.22. The molecule has 0 atom stereocenters. The highest BCUT2D eigenvalue weighted by molar-refractivity contribution is 6.62. The highest BCUT2D eigenvalue weighted by Gasteiger charge is 2.15. The Morgan fingerprint density at radius 1 is 0.947 bits per heavy atom. The monoisotopic (exact) mass is 262 g/mol. The molecule has 0 heterocycles. The van der Waals surface area contributed by atoms with E-state index in [2.05, 4.69) is 0 Å². The summed E-state index contributed by atoms with van der Waals surface area (Å²) in [7, 11) is 0.0717. The second-order valence-electron chi connectivity index (χ2n) is 3.31. The zero-order valence-corrected chi connectivity index (χ0v) is 12.3. The van der Waals surface area contributed by atoms with Gasteiger partial charge < -0.3 is 14.8 Å². The van der Waals surface area contributed by atoms with E-state index < -0.39 is 7.12 Å². The molecule has 0 fully saturated rings. The topological polar surface area (TPSA) is 49.7 Å². The summed E-state index contributed by atoms with van der Waals surface area (Å²) in [6.07, 6.45) is 0. The molecule has 3 nitrogen and oxygen atoms in total. The predicted molar refractivity (Wildman–Crippen MR) is 83.0 cm³/mol. The number of hydrogen-bond acceptors (Lipinski definition) is 3. The van der Waals surface area contributed by atoms with Crippen LogP contribution in [0.2, 0.25) is 0 Å². The van der Waals surface area contributed by atoms with Gasteiger partial charge in [0.2, 0.25) is 0 Å². The van der Waals surface area contributed by atoms with Crippen LogP contribution >= 0.6 is 0 Å². The number of rotatable bonds is 2. The average Bonchev–Trinajstić information content (AvgIpc) is 2.50. The molecule has 2 N–H and O–H groups in total. The lowest BCUT2D eigenvalue weighted by Crippen LogP contribution is -2.30. The Hall–Kier alpha value is -1.52. The molecular formula is C15H23BO3. The second kappa shape index (κ2) is 9.42. The van der Waals surface area contributed by atoms with Crippen molar-refractivity contribution in [3.8, 4) is 5.75 Å². The van der Waals surface area contributed by atoms with Gasteiger partial charge in [0.1, 0.15) is 5.75 Å². The molecule has 0 aromatic heterocycles. The Morgan fingerprint density at radius 2 is 1.53 bits per heavy atom. The molecule has 0 spiro atoms. The van der Waals surface area contributed by atoms with Crippen LogP contribution in [0.4, 0.5) is 0 Å². The number of methoxy groups -OCH3 is 1. The van der Waals surface area contributed by atoms with Crippen molar-refractivity contribution in [1.29, 1.82) is 0 Å². The molecule has 2 aromatic rings. The van der Waals surface area contributed by atoms with Crippen LogP contribution in [0.15, 0.2) is 36.4 Å². The van der Waals surface area contributed by atoms with E-state index >= 15 is 0 Å². The van der Waals surface area contributed by atoms with E-state index in [9.17, 15) is 10.0 Å². The molecule has 104 valence electrons. The Bertz CT molecular complexity index is 484. The van der Waals surface area contributed by atoms with Crippen molar-refractivity contribution in [2.24, 2.45) is 0 Å². The molecule has 0 aliphatic heterocycles. The minimum absolute atomic E-state index is 0.463. The van der Waals surface area contributed by atoms with Crippen molar-refractivity contribution in [2.45, 2.75) is 27.7 Å². The SMILES string of the molecule is CC.CC.COc1cc(B(O)O)c2ccccc2c1. The molecule has 0 bridgehead atoms.